The fourth-order valence-electron chi connectivity index (χ4n) is 4.39. The molecule has 1 aliphatic carbocycles. The zero-order valence-corrected chi connectivity index (χ0v) is 19.5. The second-order valence-corrected chi connectivity index (χ2v) is 10.3. The molecular formula is C24H31N3O3S. The third-order valence-electron chi connectivity index (χ3n) is 6.32. The summed E-state index contributed by atoms with van der Waals surface area (Å²) in [5.41, 5.74) is 4.30. The Morgan fingerprint density at radius 2 is 1.84 bits per heavy atom. The number of nitrogens with one attached hydrogen (secondary N) is 1. The molecule has 1 saturated carbocycles. The Bertz CT molecular complexity index is 1110. The van der Waals surface area contributed by atoms with Crippen LogP contribution in [0.2, 0.25) is 0 Å². The van der Waals surface area contributed by atoms with E-state index < -0.39 is 10.0 Å². The van der Waals surface area contributed by atoms with E-state index in [-0.39, 0.29) is 22.8 Å². The Morgan fingerprint density at radius 3 is 2.45 bits per heavy atom. The lowest BCUT2D eigenvalue weighted by Crippen LogP contribution is -2.36. The molecule has 1 aliphatic heterocycles. The minimum atomic E-state index is -3.73. The first-order chi connectivity index (χ1) is 14.7. The van der Waals surface area contributed by atoms with Gasteiger partial charge in [0.25, 0.3) is 10.0 Å². The van der Waals surface area contributed by atoms with Crippen molar-refractivity contribution in [3.05, 3.63) is 47.5 Å². The molecule has 0 unspecified atom stereocenters. The van der Waals surface area contributed by atoms with Crippen LogP contribution in [0.4, 0.5) is 17.1 Å². The van der Waals surface area contributed by atoms with Crippen molar-refractivity contribution < 1.29 is 13.2 Å². The van der Waals surface area contributed by atoms with Crippen LogP contribution in [-0.2, 0) is 21.2 Å². The fourth-order valence-corrected chi connectivity index (χ4v) is 5.57. The standard InChI is InChI=1S/C24H31N3O3S/c1-5-26(6-2)20-9-11-22(16(3)13-20)25-31(29,30)21-10-12-23-19(15-21)14-17(4)27(23)24(28)18-7-8-18/h9-13,15,17-18,25H,5-8,14H2,1-4H3/t17-/m0/s1. The summed E-state index contributed by atoms with van der Waals surface area (Å²) in [5, 5.41) is 0. The van der Waals surface area contributed by atoms with E-state index in [1.165, 1.54) is 0 Å². The normalized spacial score (nSPS) is 18.1. The zero-order valence-electron chi connectivity index (χ0n) is 18.7. The molecule has 1 heterocycles. The molecule has 4 rings (SSSR count). The van der Waals surface area contributed by atoms with Gasteiger partial charge in [-0.25, -0.2) is 8.42 Å². The highest BCUT2D eigenvalue weighted by Crippen LogP contribution is 2.39. The van der Waals surface area contributed by atoms with Crippen molar-refractivity contribution in [1.29, 1.82) is 0 Å². The van der Waals surface area contributed by atoms with Crippen LogP contribution in [0.1, 0.15) is 44.7 Å². The van der Waals surface area contributed by atoms with Crippen LogP contribution in [0, 0.1) is 12.8 Å². The van der Waals surface area contributed by atoms with Gasteiger partial charge in [0.1, 0.15) is 0 Å². The summed E-state index contributed by atoms with van der Waals surface area (Å²) in [7, 11) is -3.73. The van der Waals surface area contributed by atoms with Gasteiger partial charge in [0, 0.05) is 36.4 Å². The van der Waals surface area contributed by atoms with Crippen molar-refractivity contribution in [2.24, 2.45) is 5.92 Å². The number of benzene rings is 2. The quantitative estimate of drug-likeness (QED) is 0.694. The van der Waals surface area contributed by atoms with E-state index in [4.69, 9.17) is 0 Å². The Balaban J connectivity index is 1.58. The second-order valence-electron chi connectivity index (χ2n) is 8.60. The summed E-state index contributed by atoms with van der Waals surface area (Å²) in [5.74, 6) is 0.310. The number of carbonyl (C=O) groups is 1. The molecule has 0 radical (unpaired) electrons. The minimum absolute atomic E-state index is 0.0591. The zero-order chi connectivity index (χ0) is 22.3. The van der Waals surface area contributed by atoms with Crippen LogP contribution in [0.3, 0.4) is 0 Å². The van der Waals surface area contributed by atoms with Gasteiger partial charge in [-0.05, 0) is 94.5 Å². The average Bonchev–Trinajstić information content (AvgIpc) is 3.52. The van der Waals surface area contributed by atoms with E-state index in [1.54, 1.807) is 18.2 Å². The molecule has 0 bridgehead atoms. The summed E-state index contributed by atoms with van der Waals surface area (Å²) >= 11 is 0. The highest BCUT2D eigenvalue weighted by molar-refractivity contribution is 7.92. The summed E-state index contributed by atoms with van der Waals surface area (Å²) in [6.45, 7) is 9.93. The number of rotatable bonds is 7. The number of anilines is 3. The topological polar surface area (TPSA) is 69.7 Å². The number of nitrogens with zero attached hydrogens (tertiary/aromatic N) is 2. The van der Waals surface area contributed by atoms with Crippen molar-refractivity contribution in [1.82, 2.24) is 0 Å². The van der Waals surface area contributed by atoms with Crippen LogP contribution < -0.4 is 14.5 Å². The molecule has 7 heteroatoms. The van der Waals surface area contributed by atoms with Gasteiger partial charge in [0.05, 0.1) is 10.6 Å². The molecular weight excluding hydrogens is 410 g/mol. The van der Waals surface area contributed by atoms with Gasteiger partial charge in [-0.15, -0.1) is 0 Å². The molecule has 1 fully saturated rings. The maximum Gasteiger partial charge on any atom is 0.261 e. The van der Waals surface area contributed by atoms with Gasteiger partial charge in [-0.2, -0.15) is 0 Å². The van der Waals surface area contributed by atoms with Gasteiger partial charge < -0.3 is 9.80 Å². The number of carbonyl (C=O) groups excluding carboxylic acids is 1. The second kappa shape index (κ2) is 8.19. The van der Waals surface area contributed by atoms with Crippen molar-refractivity contribution in [2.45, 2.75) is 57.9 Å². The maximum atomic E-state index is 13.1. The Morgan fingerprint density at radius 1 is 1.13 bits per heavy atom. The largest absolute Gasteiger partial charge is 0.372 e. The lowest BCUT2D eigenvalue weighted by molar-refractivity contribution is -0.120. The summed E-state index contributed by atoms with van der Waals surface area (Å²) in [6, 6.07) is 10.9. The predicted octanol–water partition coefficient (Wildman–Crippen LogP) is 4.33. The van der Waals surface area contributed by atoms with Crippen LogP contribution in [0.15, 0.2) is 41.3 Å². The van der Waals surface area contributed by atoms with Crippen molar-refractivity contribution in [2.75, 3.05) is 27.6 Å². The van der Waals surface area contributed by atoms with Crippen LogP contribution in [0.5, 0.6) is 0 Å². The van der Waals surface area contributed by atoms with Gasteiger partial charge in [0.2, 0.25) is 5.91 Å². The van der Waals surface area contributed by atoms with E-state index in [0.29, 0.717) is 12.1 Å². The molecule has 1 atom stereocenters. The van der Waals surface area contributed by atoms with Crippen LogP contribution in [0.25, 0.3) is 0 Å². The lowest BCUT2D eigenvalue weighted by atomic mass is 10.1. The highest BCUT2D eigenvalue weighted by atomic mass is 32.2. The van der Waals surface area contributed by atoms with E-state index in [9.17, 15) is 13.2 Å². The SMILES string of the molecule is CCN(CC)c1ccc(NS(=O)(=O)c2ccc3c(c2)C[C@H](C)N3C(=O)C2CC2)c(C)c1. The summed E-state index contributed by atoms with van der Waals surface area (Å²) in [4.78, 5) is 17.0. The molecule has 0 aromatic heterocycles. The first kappa shape index (κ1) is 21.7. The first-order valence-electron chi connectivity index (χ1n) is 11.1. The van der Waals surface area contributed by atoms with Crippen molar-refractivity contribution in [3.8, 4) is 0 Å². The fraction of sp³-hybridized carbons (Fsp3) is 0.458. The van der Waals surface area contributed by atoms with Crippen molar-refractivity contribution >= 4 is 33.0 Å². The van der Waals surface area contributed by atoms with Gasteiger partial charge in [-0.3, -0.25) is 9.52 Å². The molecule has 0 saturated heterocycles. The molecule has 6 nitrogen and oxygen atoms in total. The van der Waals surface area contributed by atoms with Crippen molar-refractivity contribution in [3.63, 3.8) is 0 Å². The number of hydrogen-bond donors (Lipinski definition) is 1. The Kier molecular flexibility index (Phi) is 5.73. The number of hydrogen-bond acceptors (Lipinski definition) is 4. The Labute approximate surface area is 185 Å². The minimum Gasteiger partial charge on any atom is -0.372 e. The number of fused-ring (bicyclic) bond motifs is 1. The number of amides is 1. The van der Waals surface area contributed by atoms with Gasteiger partial charge in [-0.1, -0.05) is 0 Å². The lowest BCUT2D eigenvalue weighted by Gasteiger charge is -2.23. The molecule has 2 aromatic carbocycles. The van der Waals surface area contributed by atoms with Gasteiger partial charge in [0.15, 0.2) is 0 Å². The van der Waals surface area contributed by atoms with E-state index in [0.717, 1.165) is 48.4 Å². The van der Waals surface area contributed by atoms with Crippen LogP contribution >= 0.6 is 0 Å². The predicted molar refractivity (Wildman–Crippen MR) is 125 cm³/mol. The van der Waals surface area contributed by atoms with E-state index in [2.05, 4.69) is 23.5 Å². The van der Waals surface area contributed by atoms with E-state index >= 15 is 0 Å². The molecule has 31 heavy (non-hydrogen) atoms. The summed E-state index contributed by atoms with van der Waals surface area (Å²) in [6.07, 6.45) is 2.59. The molecule has 2 aromatic rings. The van der Waals surface area contributed by atoms with Crippen LogP contribution in [-0.4, -0.2) is 33.5 Å². The van der Waals surface area contributed by atoms with E-state index in [1.807, 2.05) is 36.9 Å². The third-order valence-corrected chi connectivity index (χ3v) is 7.69. The number of aryl methyl sites for hydroxylation is 1. The number of sulfonamides is 1. The molecule has 0 spiro atoms. The average molecular weight is 442 g/mol. The maximum absolute atomic E-state index is 13.1. The van der Waals surface area contributed by atoms with Gasteiger partial charge >= 0.3 is 0 Å². The highest BCUT2D eigenvalue weighted by Gasteiger charge is 2.39. The molecule has 2 aliphatic rings. The summed E-state index contributed by atoms with van der Waals surface area (Å²) < 4.78 is 28.9. The third kappa shape index (κ3) is 4.15. The molecule has 1 N–H and O–H groups in total. The first-order valence-corrected chi connectivity index (χ1v) is 12.6. The smallest absolute Gasteiger partial charge is 0.261 e. The Hall–Kier alpha value is -2.54. The monoisotopic (exact) mass is 441 g/mol. The molecule has 166 valence electrons. The molecule has 1 amide bonds.